The Balaban J connectivity index is 2.17. The van der Waals surface area contributed by atoms with Crippen LogP contribution in [-0.4, -0.2) is 30.2 Å². The summed E-state index contributed by atoms with van der Waals surface area (Å²) in [5, 5.41) is 10.7. The predicted octanol–water partition coefficient (Wildman–Crippen LogP) is 2.17. The van der Waals surface area contributed by atoms with Crippen molar-refractivity contribution in [2.24, 2.45) is 22.2 Å². The van der Waals surface area contributed by atoms with Gasteiger partial charge in [-0.25, -0.2) is 0 Å². The number of hydrogen-bond acceptors (Lipinski definition) is 3. The summed E-state index contributed by atoms with van der Waals surface area (Å²) in [6.07, 6.45) is 3.22. The maximum Gasteiger partial charge on any atom is 0.167 e. The van der Waals surface area contributed by atoms with Gasteiger partial charge in [0, 0.05) is 12.5 Å². The lowest BCUT2D eigenvalue weighted by Gasteiger charge is -2.46. The minimum absolute atomic E-state index is 0.0501. The Morgan fingerprint density at radius 2 is 1.89 bits per heavy atom. The molecule has 0 heterocycles. The summed E-state index contributed by atoms with van der Waals surface area (Å²) in [6.45, 7) is 6.67. The van der Waals surface area contributed by atoms with Crippen molar-refractivity contribution >= 4 is 5.78 Å². The molecule has 0 spiro atoms. The fourth-order valence-corrected chi connectivity index (χ4v) is 5.55. The van der Waals surface area contributed by atoms with Crippen molar-refractivity contribution in [3.63, 3.8) is 0 Å². The van der Waals surface area contributed by atoms with Gasteiger partial charge in [-0.15, -0.1) is 0 Å². The first-order valence-corrected chi connectivity index (χ1v) is 7.06. The van der Waals surface area contributed by atoms with Crippen molar-refractivity contribution in [2.45, 2.75) is 58.7 Å². The van der Waals surface area contributed by atoms with Crippen LogP contribution in [0.4, 0.5) is 0 Å². The molecule has 2 bridgehead atoms. The van der Waals surface area contributed by atoms with Gasteiger partial charge >= 0.3 is 0 Å². The summed E-state index contributed by atoms with van der Waals surface area (Å²) in [5.41, 5.74) is -0.171. The molecule has 3 aliphatic rings. The molecule has 0 aromatic heterocycles. The zero-order valence-corrected chi connectivity index (χ0v) is 11.8. The third-order valence-electron chi connectivity index (χ3n) is 7.07. The number of carbonyl (C=O) groups excluding carboxylic acids is 1. The molecule has 3 rings (SSSR count). The molecule has 6 atom stereocenters. The largest absolute Gasteiger partial charge is 0.392 e. The van der Waals surface area contributed by atoms with E-state index in [1.165, 1.54) is 6.42 Å². The van der Waals surface area contributed by atoms with Crippen LogP contribution in [0.5, 0.6) is 0 Å². The quantitative estimate of drug-likeness (QED) is 0.778. The molecule has 0 radical (unpaired) electrons. The van der Waals surface area contributed by atoms with E-state index in [1.807, 2.05) is 0 Å². The van der Waals surface area contributed by atoms with E-state index in [9.17, 15) is 9.90 Å². The number of aliphatic hydroxyl groups is 1. The molecule has 3 aliphatic carbocycles. The molecule has 0 amide bonds. The molecule has 0 saturated heterocycles. The highest BCUT2D eigenvalue weighted by atomic mass is 16.5. The maximum atomic E-state index is 12.6. The zero-order valence-electron chi connectivity index (χ0n) is 11.8. The van der Waals surface area contributed by atoms with Crippen LogP contribution in [0.15, 0.2) is 0 Å². The SMILES string of the molecule is COC1CC2(C)C(O)C(C1=O)C1(C)CCCC21C. The molecule has 0 aromatic carbocycles. The number of carbonyl (C=O) groups is 1. The van der Waals surface area contributed by atoms with Gasteiger partial charge in [0.05, 0.1) is 12.0 Å². The van der Waals surface area contributed by atoms with E-state index < -0.39 is 6.10 Å². The highest BCUT2D eigenvalue weighted by molar-refractivity contribution is 5.89. The first kappa shape index (κ1) is 12.6. The normalized spacial score (nSPS) is 58.9. The molecule has 1 N–H and O–H groups in total. The summed E-state index contributed by atoms with van der Waals surface area (Å²) >= 11 is 0. The Bertz CT molecular complexity index is 407. The number of ether oxygens (including phenoxy) is 1. The van der Waals surface area contributed by atoms with Crippen LogP contribution >= 0.6 is 0 Å². The number of rotatable bonds is 1. The topological polar surface area (TPSA) is 46.5 Å². The molecule has 102 valence electrons. The number of hydrogen-bond donors (Lipinski definition) is 1. The lowest BCUT2D eigenvalue weighted by molar-refractivity contribution is -0.151. The van der Waals surface area contributed by atoms with Crippen molar-refractivity contribution < 1.29 is 14.6 Å². The number of fused-ring (bicyclic) bond motifs is 5. The lowest BCUT2D eigenvalue weighted by atomic mass is 9.58. The van der Waals surface area contributed by atoms with Gasteiger partial charge in [-0.2, -0.15) is 0 Å². The Morgan fingerprint density at radius 3 is 2.50 bits per heavy atom. The van der Waals surface area contributed by atoms with E-state index in [-0.39, 0.29) is 34.1 Å². The number of methoxy groups -OCH3 is 1. The van der Waals surface area contributed by atoms with E-state index in [1.54, 1.807) is 7.11 Å². The molecule has 0 aliphatic heterocycles. The van der Waals surface area contributed by atoms with Gasteiger partial charge in [0.25, 0.3) is 0 Å². The minimum Gasteiger partial charge on any atom is -0.392 e. The van der Waals surface area contributed by atoms with Crippen LogP contribution in [0, 0.1) is 22.2 Å². The predicted molar refractivity (Wildman–Crippen MR) is 68.1 cm³/mol. The molecule has 0 aromatic rings. The number of ketones is 1. The first-order valence-electron chi connectivity index (χ1n) is 7.06. The highest BCUT2D eigenvalue weighted by Crippen LogP contribution is 2.75. The van der Waals surface area contributed by atoms with Gasteiger partial charge in [-0.05, 0) is 30.1 Å². The summed E-state index contributed by atoms with van der Waals surface area (Å²) in [4.78, 5) is 12.6. The number of aliphatic hydroxyl groups excluding tert-OH is 1. The third-order valence-corrected chi connectivity index (χ3v) is 7.07. The second kappa shape index (κ2) is 3.37. The standard InChI is InChI=1S/C15H24O3/c1-13-6-5-7-15(13,3)14(2)8-9(18-4)11(16)10(13)12(14)17/h9-10,12,17H,5-8H2,1-4H3. The first-order chi connectivity index (χ1) is 8.32. The van der Waals surface area contributed by atoms with Crippen LogP contribution < -0.4 is 0 Å². The molecular formula is C15H24O3. The van der Waals surface area contributed by atoms with Gasteiger partial charge in [0.2, 0.25) is 0 Å². The third kappa shape index (κ3) is 1.04. The van der Waals surface area contributed by atoms with Gasteiger partial charge in [-0.3, -0.25) is 4.79 Å². The van der Waals surface area contributed by atoms with Crippen molar-refractivity contribution in [1.82, 2.24) is 0 Å². The second-order valence-electron chi connectivity index (χ2n) is 7.27. The van der Waals surface area contributed by atoms with Crippen LogP contribution in [0.1, 0.15) is 46.5 Å². The van der Waals surface area contributed by atoms with E-state index in [4.69, 9.17) is 4.74 Å². The van der Waals surface area contributed by atoms with Crippen molar-refractivity contribution in [2.75, 3.05) is 7.11 Å². The Hall–Kier alpha value is -0.410. The average Bonchev–Trinajstić information content (AvgIpc) is 2.66. The summed E-state index contributed by atoms with van der Waals surface area (Å²) < 4.78 is 5.39. The van der Waals surface area contributed by atoms with E-state index in [0.29, 0.717) is 6.42 Å². The fourth-order valence-electron chi connectivity index (χ4n) is 5.55. The highest BCUT2D eigenvalue weighted by Gasteiger charge is 2.75. The smallest absolute Gasteiger partial charge is 0.167 e. The van der Waals surface area contributed by atoms with E-state index >= 15 is 0 Å². The molecule has 3 heteroatoms. The van der Waals surface area contributed by atoms with Crippen LogP contribution in [-0.2, 0) is 9.53 Å². The van der Waals surface area contributed by atoms with Crippen LogP contribution in [0.2, 0.25) is 0 Å². The molecular weight excluding hydrogens is 228 g/mol. The molecule has 3 fully saturated rings. The second-order valence-corrected chi connectivity index (χ2v) is 7.27. The molecule has 18 heavy (non-hydrogen) atoms. The average molecular weight is 252 g/mol. The summed E-state index contributed by atoms with van der Waals surface area (Å²) in [7, 11) is 1.61. The fraction of sp³-hybridized carbons (Fsp3) is 0.933. The van der Waals surface area contributed by atoms with Gasteiger partial charge in [0.1, 0.15) is 6.10 Å². The molecule has 6 unspecified atom stereocenters. The van der Waals surface area contributed by atoms with Gasteiger partial charge in [-0.1, -0.05) is 27.2 Å². The van der Waals surface area contributed by atoms with Gasteiger partial charge in [0.15, 0.2) is 5.78 Å². The van der Waals surface area contributed by atoms with Gasteiger partial charge < -0.3 is 9.84 Å². The summed E-state index contributed by atoms with van der Waals surface area (Å²) in [6, 6.07) is 0. The monoisotopic (exact) mass is 252 g/mol. The Morgan fingerprint density at radius 1 is 1.22 bits per heavy atom. The summed E-state index contributed by atoms with van der Waals surface area (Å²) in [5.74, 6) is -0.0932. The minimum atomic E-state index is -0.494. The lowest BCUT2D eigenvalue weighted by Crippen LogP contribution is -2.51. The Kier molecular flexibility index (Phi) is 2.36. The van der Waals surface area contributed by atoms with Crippen molar-refractivity contribution in [3.05, 3.63) is 0 Å². The molecule has 3 nitrogen and oxygen atoms in total. The van der Waals surface area contributed by atoms with E-state index in [0.717, 1.165) is 12.8 Å². The van der Waals surface area contributed by atoms with Crippen molar-refractivity contribution in [3.8, 4) is 0 Å². The molecule has 3 saturated carbocycles. The van der Waals surface area contributed by atoms with Crippen LogP contribution in [0.25, 0.3) is 0 Å². The Labute approximate surface area is 109 Å². The zero-order chi connectivity index (χ0) is 13.3. The number of Topliss-reactive ketones (excluding diaryl/α,β-unsaturated/α-hetero) is 1. The van der Waals surface area contributed by atoms with E-state index in [2.05, 4.69) is 20.8 Å². The maximum absolute atomic E-state index is 12.6. The van der Waals surface area contributed by atoms with Crippen LogP contribution in [0.3, 0.4) is 0 Å². The van der Waals surface area contributed by atoms with Crippen molar-refractivity contribution in [1.29, 1.82) is 0 Å².